The highest BCUT2D eigenvalue weighted by Crippen LogP contribution is 2.18. The number of primary amides is 2. The van der Waals surface area contributed by atoms with Gasteiger partial charge in [-0.3, -0.25) is 9.59 Å². The van der Waals surface area contributed by atoms with E-state index in [0.717, 1.165) is 31.6 Å². The number of hydrogen-bond acceptors (Lipinski definition) is 2. The topological polar surface area (TPSA) is 86.2 Å². The van der Waals surface area contributed by atoms with Crippen LogP contribution < -0.4 is 11.5 Å². The molecule has 4 N–H and O–H groups in total. The van der Waals surface area contributed by atoms with E-state index in [4.69, 9.17) is 11.5 Å². The molecule has 0 spiro atoms. The standard InChI is InChI=1S/C22H44N2O2/c1-20(16-12-8-4-2-6-10-14-18-21(23)25)17-13-9-5-3-7-11-15-19-22(24)26/h20H,2-19H2,1H3,(H2,23,25)(H2,24,26). The minimum Gasteiger partial charge on any atom is -0.370 e. The Morgan fingerprint density at radius 2 is 0.808 bits per heavy atom. The van der Waals surface area contributed by atoms with E-state index in [1.54, 1.807) is 0 Å². The summed E-state index contributed by atoms with van der Waals surface area (Å²) in [6.07, 6.45) is 21.2. The van der Waals surface area contributed by atoms with E-state index in [9.17, 15) is 9.59 Å². The van der Waals surface area contributed by atoms with Gasteiger partial charge in [-0.25, -0.2) is 0 Å². The molecule has 0 aromatic carbocycles. The molecule has 0 fully saturated rings. The molecule has 0 atom stereocenters. The fraction of sp³-hybridized carbons (Fsp3) is 0.909. The fourth-order valence-electron chi connectivity index (χ4n) is 3.50. The van der Waals surface area contributed by atoms with E-state index in [-0.39, 0.29) is 11.8 Å². The average molecular weight is 369 g/mol. The summed E-state index contributed by atoms with van der Waals surface area (Å²) >= 11 is 0. The fourth-order valence-corrected chi connectivity index (χ4v) is 3.50. The van der Waals surface area contributed by atoms with Gasteiger partial charge in [-0.15, -0.1) is 0 Å². The van der Waals surface area contributed by atoms with Crippen LogP contribution in [0.1, 0.15) is 122 Å². The Bertz CT molecular complexity index is 313. The summed E-state index contributed by atoms with van der Waals surface area (Å²) in [5, 5.41) is 0. The molecule has 0 rings (SSSR count). The van der Waals surface area contributed by atoms with Crippen LogP contribution in [0.2, 0.25) is 0 Å². The summed E-state index contributed by atoms with van der Waals surface area (Å²) in [6, 6.07) is 0. The zero-order chi connectivity index (χ0) is 19.5. The van der Waals surface area contributed by atoms with Crippen molar-refractivity contribution in [3.63, 3.8) is 0 Å². The molecule has 0 aliphatic rings. The van der Waals surface area contributed by atoms with Crippen molar-refractivity contribution < 1.29 is 9.59 Å². The van der Waals surface area contributed by atoms with Crippen molar-refractivity contribution in [1.29, 1.82) is 0 Å². The van der Waals surface area contributed by atoms with Gasteiger partial charge in [-0.1, -0.05) is 96.8 Å². The van der Waals surface area contributed by atoms with Gasteiger partial charge in [0.25, 0.3) is 0 Å². The molecule has 0 unspecified atom stereocenters. The Morgan fingerprint density at radius 3 is 1.12 bits per heavy atom. The SMILES string of the molecule is CC(CCCCCCCCCC(N)=O)CCCCCCCCCC(N)=O. The monoisotopic (exact) mass is 368 g/mol. The highest BCUT2D eigenvalue weighted by molar-refractivity contribution is 5.73. The Morgan fingerprint density at radius 1 is 0.538 bits per heavy atom. The number of amides is 2. The number of unbranched alkanes of at least 4 members (excludes halogenated alkanes) is 12. The summed E-state index contributed by atoms with van der Waals surface area (Å²) in [4.78, 5) is 21.3. The Kier molecular flexibility index (Phi) is 18.0. The normalized spacial score (nSPS) is 11.2. The van der Waals surface area contributed by atoms with Gasteiger partial charge in [0.05, 0.1) is 0 Å². The molecule has 0 aromatic rings. The highest BCUT2D eigenvalue weighted by atomic mass is 16.1. The van der Waals surface area contributed by atoms with Crippen molar-refractivity contribution in [2.75, 3.05) is 0 Å². The van der Waals surface area contributed by atoms with E-state index in [1.807, 2.05) is 0 Å². The smallest absolute Gasteiger partial charge is 0.217 e. The van der Waals surface area contributed by atoms with E-state index >= 15 is 0 Å². The maximum Gasteiger partial charge on any atom is 0.217 e. The predicted octanol–water partition coefficient (Wildman–Crippen LogP) is 5.61. The third-order valence-electron chi connectivity index (χ3n) is 5.24. The quantitative estimate of drug-likeness (QED) is 0.273. The summed E-state index contributed by atoms with van der Waals surface area (Å²) in [5.41, 5.74) is 10.3. The molecule has 0 saturated heterocycles. The van der Waals surface area contributed by atoms with Crippen LogP contribution in [0.4, 0.5) is 0 Å². The summed E-state index contributed by atoms with van der Waals surface area (Å²) in [7, 11) is 0. The molecule has 0 aliphatic carbocycles. The van der Waals surface area contributed by atoms with Crippen molar-refractivity contribution in [2.24, 2.45) is 17.4 Å². The van der Waals surface area contributed by atoms with Crippen molar-refractivity contribution in [3.8, 4) is 0 Å². The molecule has 26 heavy (non-hydrogen) atoms. The molecule has 154 valence electrons. The molecule has 4 heteroatoms. The molecule has 4 nitrogen and oxygen atoms in total. The van der Waals surface area contributed by atoms with Gasteiger partial charge in [0.2, 0.25) is 11.8 Å². The van der Waals surface area contributed by atoms with Crippen molar-refractivity contribution >= 4 is 11.8 Å². The first kappa shape index (κ1) is 24.9. The summed E-state index contributed by atoms with van der Waals surface area (Å²) in [5.74, 6) is 0.527. The molecular weight excluding hydrogens is 324 g/mol. The highest BCUT2D eigenvalue weighted by Gasteiger charge is 2.02. The lowest BCUT2D eigenvalue weighted by Gasteiger charge is -2.11. The minimum atomic E-state index is -0.167. The van der Waals surface area contributed by atoms with Crippen LogP contribution in [0.15, 0.2) is 0 Å². The van der Waals surface area contributed by atoms with Crippen LogP contribution in [-0.4, -0.2) is 11.8 Å². The van der Waals surface area contributed by atoms with Crippen LogP contribution in [0.25, 0.3) is 0 Å². The lowest BCUT2D eigenvalue weighted by molar-refractivity contribution is -0.119. The minimum absolute atomic E-state index is 0.167. The molecule has 0 heterocycles. The Balaban J connectivity index is 3.19. The van der Waals surface area contributed by atoms with Crippen LogP contribution in [0, 0.1) is 5.92 Å². The largest absolute Gasteiger partial charge is 0.370 e. The molecule has 0 radical (unpaired) electrons. The maximum absolute atomic E-state index is 10.6. The third kappa shape index (κ3) is 21.0. The molecule has 0 bridgehead atoms. The molecular formula is C22H44N2O2. The lowest BCUT2D eigenvalue weighted by atomic mass is 9.95. The Labute approximate surface area is 161 Å². The second-order valence-electron chi connectivity index (χ2n) is 8.06. The first-order valence-electron chi connectivity index (χ1n) is 11.1. The first-order valence-corrected chi connectivity index (χ1v) is 11.1. The van der Waals surface area contributed by atoms with Gasteiger partial charge in [0, 0.05) is 12.8 Å². The van der Waals surface area contributed by atoms with Gasteiger partial charge in [0.15, 0.2) is 0 Å². The van der Waals surface area contributed by atoms with E-state index in [1.165, 1.54) is 77.0 Å². The number of carbonyl (C=O) groups excluding carboxylic acids is 2. The van der Waals surface area contributed by atoms with Crippen molar-refractivity contribution in [1.82, 2.24) is 0 Å². The van der Waals surface area contributed by atoms with Gasteiger partial charge < -0.3 is 11.5 Å². The molecule has 0 aliphatic heterocycles. The van der Waals surface area contributed by atoms with Crippen molar-refractivity contribution in [3.05, 3.63) is 0 Å². The van der Waals surface area contributed by atoms with Crippen LogP contribution >= 0.6 is 0 Å². The predicted molar refractivity (Wildman–Crippen MR) is 111 cm³/mol. The maximum atomic E-state index is 10.6. The number of carbonyl (C=O) groups is 2. The second kappa shape index (κ2) is 18.7. The van der Waals surface area contributed by atoms with Crippen molar-refractivity contribution in [2.45, 2.75) is 122 Å². The van der Waals surface area contributed by atoms with Crippen LogP contribution in [0.3, 0.4) is 0 Å². The van der Waals surface area contributed by atoms with Crippen LogP contribution in [0.5, 0.6) is 0 Å². The second-order valence-corrected chi connectivity index (χ2v) is 8.06. The van der Waals surface area contributed by atoms with Gasteiger partial charge >= 0.3 is 0 Å². The molecule has 0 saturated carbocycles. The average Bonchev–Trinajstić information content (AvgIpc) is 2.58. The lowest BCUT2D eigenvalue weighted by Crippen LogP contribution is -2.09. The molecule has 2 amide bonds. The third-order valence-corrected chi connectivity index (χ3v) is 5.24. The molecule has 0 aromatic heterocycles. The van der Waals surface area contributed by atoms with Gasteiger partial charge in [0.1, 0.15) is 0 Å². The zero-order valence-corrected chi connectivity index (χ0v) is 17.3. The van der Waals surface area contributed by atoms with E-state index in [0.29, 0.717) is 12.8 Å². The van der Waals surface area contributed by atoms with E-state index in [2.05, 4.69) is 6.92 Å². The summed E-state index contributed by atoms with van der Waals surface area (Å²) < 4.78 is 0. The Hall–Kier alpha value is -1.06. The number of hydrogen-bond donors (Lipinski definition) is 2. The zero-order valence-electron chi connectivity index (χ0n) is 17.3. The van der Waals surface area contributed by atoms with E-state index < -0.39 is 0 Å². The number of rotatable bonds is 20. The first-order chi connectivity index (χ1) is 12.5. The van der Waals surface area contributed by atoms with Gasteiger partial charge in [-0.2, -0.15) is 0 Å². The van der Waals surface area contributed by atoms with Gasteiger partial charge in [-0.05, 0) is 18.8 Å². The number of nitrogens with two attached hydrogens (primary N) is 2. The van der Waals surface area contributed by atoms with Crippen LogP contribution in [-0.2, 0) is 9.59 Å². The summed E-state index contributed by atoms with van der Waals surface area (Å²) in [6.45, 7) is 2.40.